The zero-order valence-corrected chi connectivity index (χ0v) is 24.2. The van der Waals surface area contributed by atoms with E-state index in [2.05, 4.69) is 37.0 Å². The zero-order chi connectivity index (χ0) is 31.6. The summed E-state index contributed by atoms with van der Waals surface area (Å²) in [7, 11) is 3.68. The van der Waals surface area contributed by atoms with Gasteiger partial charge in [-0.2, -0.15) is 13.2 Å². The number of amides is 1. The second-order valence-corrected chi connectivity index (χ2v) is 10.6. The van der Waals surface area contributed by atoms with Crippen LogP contribution in [0.25, 0.3) is 11.6 Å². The van der Waals surface area contributed by atoms with Crippen molar-refractivity contribution in [1.82, 2.24) is 29.3 Å². The van der Waals surface area contributed by atoms with Crippen molar-refractivity contribution in [2.45, 2.75) is 19.6 Å². The molecule has 44 heavy (non-hydrogen) atoms. The SMILES string of the molecule is Cc1ccc(C(=O)Nc2ccc(CN3CCN(C)CC3)c(C(F)(F)F)c2)cc1C#Cc1cn(C)c(-c2ncc([N+](=O)[O-])[nH]2)n1. The molecule has 1 fully saturated rings. The Morgan fingerprint density at radius 1 is 1.11 bits per heavy atom. The highest BCUT2D eigenvalue weighted by Crippen LogP contribution is 2.35. The minimum absolute atomic E-state index is 0.0387. The fourth-order valence-corrected chi connectivity index (χ4v) is 4.80. The molecule has 1 aliphatic rings. The average Bonchev–Trinajstić information content (AvgIpc) is 3.61. The van der Waals surface area contributed by atoms with E-state index in [9.17, 15) is 28.1 Å². The molecule has 4 aromatic rings. The van der Waals surface area contributed by atoms with Crippen molar-refractivity contribution >= 4 is 17.4 Å². The van der Waals surface area contributed by atoms with Crippen LogP contribution < -0.4 is 5.32 Å². The van der Waals surface area contributed by atoms with E-state index in [-0.39, 0.29) is 35.0 Å². The lowest BCUT2D eigenvalue weighted by molar-refractivity contribution is -0.389. The minimum atomic E-state index is -4.58. The molecule has 0 atom stereocenters. The Bertz CT molecular complexity index is 1780. The molecular formula is C30H29F3N8O3. The number of anilines is 1. The number of hydrogen-bond acceptors (Lipinski definition) is 7. The third kappa shape index (κ3) is 6.96. The molecule has 0 spiro atoms. The number of H-pyrrole nitrogens is 1. The number of piperazine rings is 1. The van der Waals surface area contributed by atoms with Crippen molar-refractivity contribution in [2.24, 2.45) is 7.05 Å². The van der Waals surface area contributed by atoms with Crippen LogP contribution in [0.15, 0.2) is 48.8 Å². The van der Waals surface area contributed by atoms with E-state index in [1.807, 2.05) is 18.9 Å². The number of carbonyl (C=O) groups is 1. The standard InChI is InChI=1S/C30H29F3N8O3/c1-19-4-5-21(14-20(19)6-9-24-18-39(3)28(35-24)27-34-16-26(37-27)41(43)44)29(42)36-23-8-7-22(25(15-23)30(31,32)33)17-40-12-10-38(2)11-13-40/h4-5,7-8,14-16,18H,10-13,17H2,1-3H3,(H,34,37)(H,36,42). The molecule has 0 aliphatic carbocycles. The number of aryl methyl sites for hydroxylation is 2. The molecular weight excluding hydrogens is 577 g/mol. The number of hydrogen-bond donors (Lipinski definition) is 2. The summed E-state index contributed by atoms with van der Waals surface area (Å²) in [5.41, 5.74) is 1.32. The van der Waals surface area contributed by atoms with E-state index in [0.29, 0.717) is 30.2 Å². The molecule has 14 heteroatoms. The van der Waals surface area contributed by atoms with Gasteiger partial charge in [0.1, 0.15) is 11.9 Å². The Kier molecular flexibility index (Phi) is 8.52. The molecule has 0 bridgehead atoms. The van der Waals surface area contributed by atoms with Crippen LogP contribution in [0.5, 0.6) is 0 Å². The van der Waals surface area contributed by atoms with Crippen LogP contribution in [0.4, 0.5) is 24.7 Å². The number of aromatic amines is 1. The fourth-order valence-electron chi connectivity index (χ4n) is 4.80. The van der Waals surface area contributed by atoms with Crippen molar-refractivity contribution in [2.75, 3.05) is 38.5 Å². The van der Waals surface area contributed by atoms with E-state index in [1.54, 1.807) is 36.0 Å². The van der Waals surface area contributed by atoms with Crippen LogP contribution >= 0.6 is 0 Å². The molecule has 2 N–H and O–H groups in total. The first kappa shape index (κ1) is 30.5. The Hall–Kier alpha value is -5.00. The molecule has 1 amide bonds. The summed E-state index contributed by atoms with van der Waals surface area (Å²) in [4.78, 5) is 38.5. The van der Waals surface area contributed by atoms with Gasteiger partial charge in [-0.25, -0.2) is 15.0 Å². The Morgan fingerprint density at radius 2 is 1.86 bits per heavy atom. The van der Waals surface area contributed by atoms with Gasteiger partial charge in [-0.05, 0) is 60.2 Å². The van der Waals surface area contributed by atoms with E-state index >= 15 is 0 Å². The summed E-state index contributed by atoms with van der Waals surface area (Å²) >= 11 is 0. The average molecular weight is 607 g/mol. The van der Waals surface area contributed by atoms with E-state index < -0.39 is 22.6 Å². The number of alkyl halides is 3. The summed E-state index contributed by atoms with van der Waals surface area (Å²) in [5.74, 6) is 5.62. The summed E-state index contributed by atoms with van der Waals surface area (Å²) in [5, 5.41) is 13.5. The number of benzene rings is 2. The number of nitrogens with zero attached hydrogens (tertiary/aromatic N) is 6. The van der Waals surface area contributed by atoms with Crippen LogP contribution in [0.1, 0.15) is 38.3 Å². The highest BCUT2D eigenvalue weighted by Gasteiger charge is 2.34. The normalized spacial score (nSPS) is 14.2. The van der Waals surface area contributed by atoms with Gasteiger partial charge in [0.05, 0.1) is 5.56 Å². The lowest BCUT2D eigenvalue weighted by Crippen LogP contribution is -2.44. The summed E-state index contributed by atoms with van der Waals surface area (Å²) in [6.07, 6.45) is -1.84. The molecule has 228 valence electrons. The zero-order valence-electron chi connectivity index (χ0n) is 24.2. The van der Waals surface area contributed by atoms with Gasteiger partial charge < -0.3 is 24.9 Å². The highest BCUT2D eigenvalue weighted by atomic mass is 19.4. The number of rotatable bonds is 6. The van der Waals surface area contributed by atoms with Crippen molar-refractivity contribution in [3.8, 4) is 23.5 Å². The molecule has 0 radical (unpaired) electrons. The molecule has 0 saturated carbocycles. The van der Waals surface area contributed by atoms with Gasteiger partial charge in [0.15, 0.2) is 0 Å². The van der Waals surface area contributed by atoms with E-state index in [0.717, 1.165) is 30.9 Å². The highest BCUT2D eigenvalue weighted by molar-refractivity contribution is 6.04. The summed E-state index contributed by atoms with van der Waals surface area (Å²) in [6, 6.07) is 8.72. The van der Waals surface area contributed by atoms with Crippen molar-refractivity contribution < 1.29 is 22.9 Å². The molecule has 1 saturated heterocycles. The Morgan fingerprint density at radius 3 is 2.55 bits per heavy atom. The first-order chi connectivity index (χ1) is 20.9. The number of carbonyl (C=O) groups excluding carboxylic acids is 1. The van der Waals surface area contributed by atoms with E-state index in [1.165, 1.54) is 12.1 Å². The van der Waals surface area contributed by atoms with Gasteiger partial charge in [-0.15, -0.1) is 0 Å². The van der Waals surface area contributed by atoms with Gasteiger partial charge in [0, 0.05) is 62.8 Å². The molecule has 1 aliphatic heterocycles. The maximum Gasteiger partial charge on any atom is 0.416 e. The first-order valence-corrected chi connectivity index (χ1v) is 13.7. The minimum Gasteiger partial charge on any atom is -0.358 e. The summed E-state index contributed by atoms with van der Waals surface area (Å²) in [6.45, 7) is 4.93. The molecule has 3 heterocycles. The summed E-state index contributed by atoms with van der Waals surface area (Å²) < 4.78 is 43.6. The van der Waals surface area contributed by atoms with Crippen LogP contribution in [-0.4, -0.2) is 73.4 Å². The number of imidazole rings is 2. The first-order valence-electron chi connectivity index (χ1n) is 13.7. The van der Waals surface area contributed by atoms with Crippen LogP contribution in [0, 0.1) is 28.9 Å². The monoisotopic (exact) mass is 606 g/mol. The third-order valence-electron chi connectivity index (χ3n) is 7.34. The molecule has 0 unspecified atom stereocenters. The molecule has 5 rings (SSSR count). The predicted octanol–water partition coefficient (Wildman–Crippen LogP) is 4.45. The maximum atomic E-state index is 14.0. The predicted molar refractivity (Wildman–Crippen MR) is 157 cm³/mol. The number of nitro groups is 1. The topological polar surface area (TPSA) is 125 Å². The second-order valence-electron chi connectivity index (χ2n) is 10.6. The molecule has 2 aromatic carbocycles. The number of halogens is 3. The van der Waals surface area contributed by atoms with Crippen LogP contribution in [0.3, 0.4) is 0 Å². The fraction of sp³-hybridized carbons (Fsp3) is 0.300. The maximum absolute atomic E-state index is 14.0. The third-order valence-corrected chi connectivity index (χ3v) is 7.34. The van der Waals surface area contributed by atoms with Gasteiger partial charge in [-0.3, -0.25) is 9.69 Å². The van der Waals surface area contributed by atoms with Gasteiger partial charge in [0.25, 0.3) is 11.7 Å². The number of likely N-dealkylation sites (N-methyl/N-ethyl adjacent to an activating group) is 1. The van der Waals surface area contributed by atoms with Crippen LogP contribution in [0.2, 0.25) is 0 Å². The molecule has 2 aromatic heterocycles. The van der Waals surface area contributed by atoms with Crippen molar-refractivity contribution in [3.05, 3.63) is 92.4 Å². The van der Waals surface area contributed by atoms with Crippen LogP contribution in [-0.2, 0) is 19.8 Å². The molecule has 11 nitrogen and oxygen atoms in total. The second kappa shape index (κ2) is 12.3. The number of nitrogens with one attached hydrogen (secondary N) is 2. The van der Waals surface area contributed by atoms with Crippen molar-refractivity contribution in [3.63, 3.8) is 0 Å². The van der Waals surface area contributed by atoms with Gasteiger partial charge in [-0.1, -0.05) is 18.1 Å². The quantitative estimate of drug-likeness (QED) is 0.189. The smallest absolute Gasteiger partial charge is 0.358 e. The lowest BCUT2D eigenvalue weighted by atomic mass is 10.0. The Labute approximate surface area is 250 Å². The largest absolute Gasteiger partial charge is 0.416 e. The lowest BCUT2D eigenvalue weighted by Gasteiger charge is -2.33. The van der Waals surface area contributed by atoms with E-state index in [4.69, 9.17) is 0 Å². The van der Waals surface area contributed by atoms with Gasteiger partial charge in [0.2, 0.25) is 5.82 Å². The van der Waals surface area contributed by atoms with Crippen molar-refractivity contribution in [1.29, 1.82) is 0 Å². The van der Waals surface area contributed by atoms with Gasteiger partial charge >= 0.3 is 12.0 Å². The Balaban J connectivity index is 1.33. The number of aromatic nitrogens is 4.